The Morgan fingerprint density at radius 1 is 1.26 bits per heavy atom. The Bertz CT molecular complexity index is 1420. The molecule has 0 aliphatic rings. The van der Waals surface area contributed by atoms with Crippen molar-refractivity contribution in [3.63, 3.8) is 0 Å². The van der Waals surface area contributed by atoms with Crippen molar-refractivity contribution in [1.29, 1.82) is 0 Å². The first-order valence-corrected chi connectivity index (χ1v) is 10.5. The van der Waals surface area contributed by atoms with Crippen molar-refractivity contribution in [3.8, 4) is 12.3 Å². The topological polar surface area (TPSA) is 134 Å². The standard InChI is InChI=1S/C19H19N5O6S/c1-4-8-21-31(28,29)14-7-5-6-13(11-14)18(26)30-10-9-24-12-20-16-15(24)17(25)23(3)19(27)22(16)2/h1,5-7,11-12,21H,8-10H2,2-3H3. The Balaban J connectivity index is 1.75. The highest BCUT2D eigenvalue weighted by Crippen LogP contribution is 2.13. The summed E-state index contributed by atoms with van der Waals surface area (Å²) in [6.45, 7) is -0.180. The number of nitrogens with zero attached hydrogens (tertiary/aromatic N) is 4. The number of ether oxygens (including phenoxy) is 1. The Hall–Kier alpha value is -3.69. The summed E-state index contributed by atoms with van der Waals surface area (Å²) in [5.74, 6) is 1.43. The van der Waals surface area contributed by atoms with E-state index in [0.717, 1.165) is 4.57 Å². The van der Waals surface area contributed by atoms with Gasteiger partial charge in [0, 0.05) is 14.1 Å². The summed E-state index contributed by atoms with van der Waals surface area (Å²) in [5, 5.41) is 0. The number of aromatic nitrogens is 4. The zero-order valence-electron chi connectivity index (χ0n) is 16.7. The minimum atomic E-state index is -3.85. The van der Waals surface area contributed by atoms with Gasteiger partial charge in [-0.1, -0.05) is 12.0 Å². The minimum Gasteiger partial charge on any atom is -0.460 e. The lowest BCUT2D eigenvalue weighted by atomic mass is 10.2. The number of terminal acetylenes is 1. The number of hydrogen-bond donors (Lipinski definition) is 1. The predicted octanol–water partition coefficient (Wildman–Crippen LogP) is -0.798. The molecule has 0 unspecified atom stereocenters. The second kappa shape index (κ2) is 8.58. The molecule has 3 rings (SSSR count). The molecule has 11 nitrogen and oxygen atoms in total. The molecule has 2 heterocycles. The zero-order valence-corrected chi connectivity index (χ0v) is 17.5. The van der Waals surface area contributed by atoms with Crippen LogP contribution in [0.2, 0.25) is 0 Å². The SMILES string of the molecule is C#CCNS(=O)(=O)c1cccc(C(=O)OCCn2cnc3c2c(=O)n(C)c(=O)n3C)c1. The number of esters is 1. The lowest BCUT2D eigenvalue weighted by Crippen LogP contribution is -2.37. The molecule has 0 spiro atoms. The molecule has 0 bridgehead atoms. The number of aryl methyl sites for hydroxylation is 1. The van der Waals surface area contributed by atoms with E-state index in [9.17, 15) is 22.8 Å². The average Bonchev–Trinajstić information content (AvgIpc) is 3.19. The van der Waals surface area contributed by atoms with Gasteiger partial charge in [0.15, 0.2) is 11.2 Å². The molecular formula is C19H19N5O6S. The van der Waals surface area contributed by atoms with Crippen LogP contribution in [0.5, 0.6) is 0 Å². The number of carbonyl (C=O) groups excluding carboxylic acids is 1. The normalized spacial score (nSPS) is 11.4. The van der Waals surface area contributed by atoms with Crippen LogP contribution in [0.1, 0.15) is 10.4 Å². The van der Waals surface area contributed by atoms with E-state index >= 15 is 0 Å². The van der Waals surface area contributed by atoms with Crippen molar-refractivity contribution in [2.24, 2.45) is 14.1 Å². The third-order valence-electron chi connectivity index (χ3n) is 4.53. The van der Waals surface area contributed by atoms with Gasteiger partial charge >= 0.3 is 11.7 Å². The maximum atomic E-state index is 12.4. The quantitative estimate of drug-likeness (QED) is 0.372. The van der Waals surface area contributed by atoms with Crippen molar-refractivity contribution in [2.45, 2.75) is 11.4 Å². The van der Waals surface area contributed by atoms with E-state index in [-0.39, 0.29) is 41.3 Å². The Morgan fingerprint density at radius 2 is 2.00 bits per heavy atom. The van der Waals surface area contributed by atoms with Crippen molar-refractivity contribution >= 4 is 27.2 Å². The fourth-order valence-electron chi connectivity index (χ4n) is 2.90. The first kappa shape index (κ1) is 22.0. The highest BCUT2D eigenvalue weighted by molar-refractivity contribution is 7.89. The van der Waals surface area contributed by atoms with Gasteiger partial charge in [-0.3, -0.25) is 13.9 Å². The van der Waals surface area contributed by atoms with E-state index in [0.29, 0.717) is 0 Å². The van der Waals surface area contributed by atoms with Crippen LogP contribution in [0, 0.1) is 12.3 Å². The molecule has 0 radical (unpaired) electrons. The molecule has 31 heavy (non-hydrogen) atoms. The summed E-state index contributed by atoms with van der Waals surface area (Å²) in [5.41, 5.74) is -0.553. The zero-order chi connectivity index (χ0) is 22.8. The lowest BCUT2D eigenvalue weighted by molar-refractivity contribution is 0.0492. The third kappa shape index (κ3) is 4.27. The Kier molecular flexibility index (Phi) is 6.09. The summed E-state index contributed by atoms with van der Waals surface area (Å²) in [6.07, 6.45) is 6.44. The van der Waals surface area contributed by atoms with E-state index < -0.39 is 27.2 Å². The van der Waals surface area contributed by atoms with Gasteiger partial charge in [0.1, 0.15) is 6.61 Å². The number of fused-ring (bicyclic) bond motifs is 1. The summed E-state index contributed by atoms with van der Waals surface area (Å²) in [6, 6.07) is 5.34. The van der Waals surface area contributed by atoms with Gasteiger partial charge in [-0.05, 0) is 18.2 Å². The monoisotopic (exact) mass is 445 g/mol. The minimum absolute atomic E-state index is 0.0392. The Morgan fingerprint density at radius 3 is 2.71 bits per heavy atom. The number of hydrogen-bond acceptors (Lipinski definition) is 7. The molecule has 3 aromatic rings. The fraction of sp³-hybridized carbons (Fsp3) is 0.263. The smallest absolute Gasteiger partial charge is 0.338 e. The molecule has 1 aromatic carbocycles. The molecule has 0 amide bonds. The maximum absolute atomic E-state index is 12.4. The van der Waals surface area contributed by atoms with Gasteiger partial charge in [0.05, 0.1) is 29.9 Å². The number of carbonyl (C=O) groups is 1. The van der Waals surface area contributed by atoms with E-state index in [2.05, 4.69) is 15.6 Å². The van der Waals surface area contributed by atoms with Crippen molar-refractivity contribution in [2.75, 3.05) is 13.2 Å². The van der Waals surface area contributed by atoms with E-state index in [1.165, 1.54) is 53.8 Å². The average molecular weight is 445 g/mol. The molecule has 0 atom stereocenters. The molecular weight excluding hydrogens is 426 g/mol. The van der Waals surface area contributed by atoms with Gasteiger partial charge in [0.2, 0.25) is 10.0 Å². The number of benzene rings is 1. The van der Waals surface area contributed by atoms with Crippen LogP contribution in [0.3, 0.4) is 0 Å². The fourth-order valence-corrected chi connectivity index (χ4v) is 3.88. The lowest BCUT2D eigenvalue weighted by Gasteiger charge is -2.09. The Labute approximate surface area is 176 Å². The van der Waals surface area contributed by atoms with Crippen LogP contribution in [0.15, 0.2) is 45.1 Å². The molecule has 0 saturated carbocycles. The summed E-state index contributed by atoms with van der Waals surface area (Å²) >= 11 is 0. The number of imidazole rings is 1. The number of nitrogens with one attached hydrogen (secondary N) is 1. The third-order valence-corrected chi connectivity index (χ3v) is 5.93. The molecule has 2 aromatic heterocycles. The van der Waals surface area contributed by atoms with Crippen LogP contribution in [-0.4, -0.2) is 46.2 Å². The highest BCUT2D eigenvalue weighted by atomic mass is 32.2. The van der Waals surface area contributed by atoms with Gasteiger partial charge in [-0.25, -0.2) is 23.0 Å². The largest absolute Gasteiger partial charge is 0.460 e. The predicted molar refractivity (Wildman–Crippen MR) is 111 cm³/mol. The summed E-state index contributed by atoms with van der Waals surface area (Å²) in [4.78, 5) is 40.7. The van der Waals surface area contributed by atoms with Crippen LogP contribution < -0.4 is 16.0 Å². The van der Waals surface area contributed by atoms with Gasteiger partial charge in [0.25, 0.3) is 5.56 Å². The molecule has 162 valence electrons. The number of rotatable bonds is 7. The number of sulfonamides is 1. The van der Waals surface area contributed by atoms with E-state index in [4.69, 9.17) is 11.2 Å². The first-order chi connectivity index (χ1) is 14.7. The molecule has 12 heteroatoms. The molecule has 0 aliphatic heterocycles. The van der Waals surface area contributed by atoms with Gasteiger partial charge in [-0.2, -0.15) is 4.72 Å². The van der Waals surface area contributed by atoms with Gasteiger partial charge < -0.3 is 9.30 Å². The molecule has 0 fully saturated rings. The molecule has 1 N–H and O–H groups in total. The highest BCUT2D eigenvalue weighted by Gasteiger charge is 2.17. The second-order valence-electron chi connectivity index (χ2n) is 6.51. The molecule has 0 saturated heterocycles. The molecule has 0 aliphatic carbocycles. The van der Waals surface area contributed by atoms with Crippen LogP contribution in [-0.2, 0) is 35.4 Å². The van der Waals surface area contributed by atoms with Crippen LogP contribution >= 0.6 is 0 Å². The first-order valence-electron chi connectivity index (χ1n) is 8.98. The van der Waals surface area contributed by atoms with Crippen LogP contribution in [0.4, 0.5) is 0 Å². The maximum Gasteiger partial charge on any atom is 0.338 e. The van der Waals surface area contributed by atoms with Crippen molar-refractivity contribution < 1.29 is 17.9 Å². The van der Waals surface area contributed by atoms with Crippen LogP contribution in [0.25, 0.3) is 11.2 Å². The second-order valence-corrected chi connectivity index (χ2v) is 8.28. The van der Waals surface area contributed by atoms with Crippen molar-refractivity contribution in [1.82, 2.24) is 23.4 Å². The summed E-state index contributed by atoms with van der Waals surface area (Å²) in [7, 11) is -0.990. The van der Waals surface area contributed by atoms with E-state index in [1.807, 2.05) is 0 Å². The van der Waals surface area contributed by atoms with Gasteiger partial charge in [-0.15, -0.1) is 6.42 Å². The summed E-state index contributed by atoms with van der Waals surface area (Å²) < 4.78 is 35.4. The van der Waals surface area contributed by atoms with Crippen molar-refractivity contribution in [3.05, 3.63) is 57.0 Å². The van der Waals surface area contributed by atoms with E-state index in [1.54, 1.807) is 0 Å².